The Bertz CT molecular complexity index is 158. The molecule has 0 saturated heterocycles. The number of hydrogen-bond acceptors (Lipinski definition) is 3. The molecule has 0 aliphatic carbocycles. The van der Waals surface area contributed by atoms with E-state index >= 15 is 0 Å². The molecule has 70 valence electrons. The van der Waals surface area contributed by atoms with Crippen LogP contribution in [0, 0.1) is 5.92 Å². The van der Waals surface area contributed by atoms with Crippen LogP contribution in [-0.2, 0) is 23.0 Å². The molecule has 7 heteroatoms. The maximum Gasteiger partial charge on any atom is 1.00 e. The molecule has 12 heavy (non-hydrogen) atoms. The van der Waals surface area contributed by atoms with E-state index in [0.717, 1.165) is 11.7 Å². The molecule has 0 atom stereocenters. The van der Waals surface area contributed by atoms with Gasteiger partial charge < -0.3 is 12.6 Å². The fourth-order valence-corrected chi connectivity index (χ4v) is 0.707. The van der Waals surface area contributed by atoms with Crippen LogP contribution in [0.4, 0.5) is 0 Å². The van der Waals surface area contributed by atoms with Crippen molar-refractivity contribution in [3.63, 3.8) is 0 Å². The predicted octanol–water partition coefficient (Wildman–Crippen LogP) is -2.07. The molecule has 0 bridgehead atoms. The summed E-state index contributed by atoms with van der Waals surface area (Å²) in [5, 5.41) is 0. The van der Waals surface area contributed by atoms with Gasteiger partial charge in [-0.2, -0.15) is 14.2 Å². The second kappa shape index (κ2) is 10.3. The standard InChI is InChI=1S/C5H12S.Na.H2O4S/c1-5(2)3-4-6;;1-5(2,3)4/h5-6H,3-4H2,1-2H3;;(H2,1,2,3,4)/q;+1;/p-1. The fraction of sp³-hybridized carbons (Fsp3) is 1.00. The van der Waals surface area contributed by atoms with Crippen molar-refractivity contribution in [1.82, 2.24) is 0 Å². The summed E-state index contributed by atoms with van der Waals surface area (Å²) < 4.78 is 31.6. The number of hydrogen-bond donors (Lipinski definition) is 2. The van der Waals surface area contributed by atoms with Gasteiger partial charge in [-0.3, -0.25) is 9.11 Å². The van der Waals surface area contributed by atoms with Crippen LogP contribution in [0.25, 0.3) is 0 Å². The molecule has 0 radical (unpaired) electrons. The van der Waals surface area contributed by atoms with Crippen molar-refractivity contribution in [2.75, 3.05) is 5.75 Å². The van der Waals surface area contributed by atoms with E-state index in [9.17, 15) is 0 Å². The first-order valence-electron chi connectivity index (χ1n) is 3.05. The predicted molar refractivity (Wildman–Crippen MR) is 45.9 cm³/mol. The molecule has 0 aliphatic rings. The smallest absolute Gasteiger partial charge is 0.793 e. The van der Waals surface area contributed by atoms with Gasteiger partial charge in [0.1, 0.15) is 0 Å². The van der Waals surface area contributed by atoms with Crippen molar-refractivity contribution in [2.45, 2.75) is 20.3 Å². The number of rotatable bonds is 2. The average molecular weight is 224 g/mol. The van der Waals surface area contributed by atoms with Crippen LogP contribution in [0.15, 0.2) is 0 Å². The summed E-state index contributed by atoms with van der Waals surface area (Å²) in [7, 11) is -4.67. The van der Waals surface area contributed by atoms with Crippen molar-refractivity contribution in [2.24, 2.45) is 5.92 Å². The van der Waals surface area contributed by atoms with Gasteiger partial charge in [0.15, 0.2) is 0 Å². The van der Waals surface area contributed by atoms with Crippen molar-refractivity contribution >= 4 is 23.0 Å². The second-order valence-electron chi connectivity index (χ2n) is 2.33. The molecule has 0 rings (SSSR count). The summed E-state index contributed by atoms with van der Waals surface area (Å²) in [6.45, 7) is 4.37. The van der Waals surface area contributed by atoms with Crippen LogP contribution in [0.5, 0.6) is 0 Å². The zero-order valence-corrected chi connectivity index (χ0v) is 11.2. The first-order chi connectivity index (χ1) is 4.77. The normalized spacial score (nSPS) is 9.83. The Labute approximate surface area is 101 Å². The average Bonchev–Trinajstić information content (AvgIpc) is 1.58. The minimum Gasteiger partial charge on any atom is -0.793 e. The summed E-state index contributed by atoms with van der Waals surface area (Å²) in [6, 6.07) is 0. The molecule has 0 saturated carbocycles. The Kier molecular flexibility index (Phi) is 16.2. The van der Waals surface area contributed by atoms with E-state index in [1.54, 1.807) is 0 Å². The zero-order valence-electron chi connectivity index (χ0n) is 7.52. The van der Waals surface area contributed by atoms with E-state index in [0.29, 0.717) is 0 Å². The Morgan fingerprint density at radius 2 is 1.58 bits per heavy atom. The van der Waals surface area contributed by atoms with E-state index in [2.05, 4.69) is 13.8 Å². The Morgan fingerprint density at radius 3 is 1.58 bits per heavy atom. The van der Waals surface area contributed by atoms with Gasteiger partial charge in [0.25, 0.3) is 0 Å². The van der Waals surface area contributed by atoms with E-state index < -0.39 is 10.4 Å². The van der Waals surface area contributed by atoms with Gasteiger partial charge in [-0.1, -0.05) is 20.3 Å². The van der Waals surface area contributed by atoms with Gasteiger partial charge >= 0.3 is 40.0 Å². The van der Waals surface area contributed by atoms with E-state index in [-0.39, 0.29) is 29.6 Å². The molecular formula is C5H13NaO4S2. The van der Waals surface area contributed by atoms with Gasteiger partial charge in [-0.25, -0.2) is 0 Å². The quantitative estimate of drug-likeness (QED) is 0.320. The zero-order chi connectivity index (χ0) is 9.49. The largest absolute Gasteiger partial charge is 1.00 e. The van der Waals surface area contributed by atoms with Crippen molar-refractivity contribution in [3.8, 4) is 0 Å². The van der Waals surface area contributed by atoms with E-state index in [1.165, 1.54) is 6.42 Å². The van der Waals surface area contributed by atoms with Crippen molar-refractivity contribution in [3.05, 3.63) is 0 Å². The summed E-state index contributed by atoms with van der Waals surface area (Å²) in [4.78, 5) is 0. The van der Waals surface area contributed by atoms with Gasteiger partial charge in [0.2, 0.25) is 0 Å². The maximum absolute atomic E-state index is 8.74. The van der Waals surface area contributed by atoms with E-state index in [1.807, 2.05) is 0 Å². The molecule has 0 aliphatic heterocycles. The summed E-state index contributed by atoms with van der Waals surface area (Å²) in [5.74, 6) is 1.71. The Hall–Kier alpha value is 1.22. The van der Waals surface area contributed by atoms with Gasteiger partial charge in [0, 0.05) is 0 Å². The maximum atomic E-state index is 8.74. The fourth-order valence-electron chi connectivity index (χ4n) is 0.236. The minimum absolute atomic E-state index is 0. The van der Waals surface area contributed by atoms with Crippen molar-refractivity contribution in [1.29, 1.82) is 0 Å². The molecule has 0 heterocycles. The Morgan fingerprint density at radius 1 is 1.33 bits per heavy atom. The second-order valence-corrected chi connectivity index (χ2v) is 3.64. The minimum atomic E-state index is -4.67. The van der Waals surface area contributed by atoms with Crippen LogP contribution < -0.4 is 29.6 Å². The molecule has 0 aromatic heterocycles. The van der Waals surface area contributed by atoms with Crippen LogP contribution >= 0.6 is 0 Å². The van der Waals surface area contributed by atoms with Crippen molar-refractivity contribution < 1.29 is 47.1 Å². The monoisotopic (exact) mass is 224 g/mol. The molecule has 2 N–H and O–H groups in total. The third-order valence-corrected chi connectivity index (χ3v) is 0.931. The molecule has 0 fully saturated rings. The first kappa shape index (κ1) is 18.9. The topological polar surface area (TPSA) is 74.6 Å². The molecule has 0 aromatic rings. The molecule has 0 amide bonds. The van der Waals surface area contributed by atoms with Gasteiger partial charge in [-0.05, 0) is 5.92 Å². The summed E-state index contributed by atoms with van der Waals surface area (Å²) in [6.07, 6.45) is 1.19. The van der Waals surface area contributed by atoms with Gasteiger partial charge in [-0.15, -0.1) is 0 Å². The molecule has 4 nitrogen and oxygen atoms in total. The Balaban J connectivity index is -0.000000126. The molecule has 0 spiro atoms. The summed E-state index contributed by atoms with van der Waals surface area (Å²) in [5.41, 5.74) is 0. The molecule has 0 unspecified atom stereocenters. The van der Waals surface area contributed by atoms with Crippen LogP contribution in [0.1, 0.15) is 20.3 Å². The SMILES string of the molecule is CC(C)CC[S-].O=S(=O)(O)O.[Na+]. The summed E-state index contributed by atoms with van der Waals surface area (Å²) >= 11 is 4.73. The molecule has 0 aromatic carbocycles. The third-order valence-electron chi connectivity index (χ3n) is 0.695. The third kappa shape index (κ3) is 65.8. The van der Waals surface area contributed by atoms with Crippen LogP contribution in [0.3, 0.4) is 0 Å². The van der Waals surface area contributed by atoms with E-state index in [4.69, 9.17) is 30.2 Å². The van der Waals surface area contributed by atoms with Gasteiger partial charge in [0.05, 0.1) is 0 Å². The van der Waals surface area contributed by atoms with Crippen LogP contribution in [0.2, 0.25) is 0 Å². The molecular weight excluding hydrogens is 211 g/mol. The first-order valence-corrected chi connectivity index (χ1v) is 5.02. The van der Waals surface area contributed by atoms with Crippen LogP contribution in [-0.4, -0.2) is 23.3 Å².